The lowest BCUT2D eigenvalue weighted by atomic mass is 9.76. The van der Waals surface area contributed by atoms with E-state index < -0.39 is 34.4 Å². The van der Waals surface area contributed by atoms with Gasteiger partial charge in [0, 0.05) is 24.7 Å². The highest BCUT2D eigenvalue weighted by atomic mass is 19.2. The summed E-state index contributed by atoms with van der Waals surface area (Å²) in [5, 5.41) is 11.0. The minimum atomic E-state index is -2.00. The van der Waals surface area contributed by atoms with Gasteiger partial charge in [0.25, 0.3) is 0 Å². The normalized spacial score (nSPS) is 28.3. The van der Waals surface area contributed by atoms with E-state index in [-0.39, 0.29) is 44.2 Å². The SMILES string of the molecule is OC1(c2c(F)c(F)cc(F)c2F)CC2COCC(C1)N2Cc1ccccc1. The van der Waals surface area contributed by atoms with Crippen LogP contribution in [0.3, 0.4) is 0 Å². The number of morpholine rings is 1. The van der Waals surface area contributed by atoms with Gasteiger partial charge in [-0.2, -0.15) is 0 Å². The molecule has 2 heterocycles. The molecule has 2 saturated heterocycles. The van der Waals surface area contributed by atoms with Crippen LogP contribution in [0.2, 0.25) is 0 Å². The molecule has 1 N–H and O–H groups in total. The van der Waals surface area contributed by atoms with Crippen molar-refractivity contribution in [3.63, 3.8) is 0 Å². The van der Waals surface area contributed by atoms with Crippen molar-refractivity contribution in [3.8, 4) is 0 Å². The number of nitrogens with zero attached hydrogens (tertiary/aromatic N) is 1. The van der Waals surface area contributed by atoms with Crippen LogP contribution in [-0.4, -0.2) is 35.3 Å². The summed E-state index contributed by atoms with van der Waals surface area (Å²) in [4.78, 5) is 2.12. The molecule has 2 aliphatic heterocycles. The number of piperidine rings is 1. The van der Waals surface area contributed by atoms with Gasteiger partial charge in [-0.3, -0.25) is 4.90 Å². The molecule has 2 aromatic rings. The van der Waals surface area contributed by atoms with Crippen molar-refractivity contribution in [2.75, 3.05) is 13.2 Å². The Kier molecular flexibility index (Phi) is 4.70. The lowest BCUT2D eigenvalue weighted by molar-refractivity contribution is -0.151. The van der Waals surface area contributed by atoms with Gasteiger partial charge in [0.15, 0.2) is 23.3 Å². The fraction of sp³-hybridized carbons (Fsp3) is 0.400. The molecule has 7 heteroatoms. The van der Waals surface area contributed by atoms with Crippen LogP contribution in [0, 0.1) is 23.3 Å². The molecule has 27 heavy (non-hydrogen) atoms. The zero-order valence-corrected chi connectivity index (χ0v) is 14.5. The van der Waals surface area contributed by atoms with E-state index in [1.54, 1.807) is 0 Å². The van der Waals surface area contributed by atoms with Gasteiger partial charge in [-0.1, -0.05) is 30.3 Å². The fourth-order valence-electron chi connectivity index (χ4n) is 4.28. The summed E-state index contributed by atoms with van der Waals surface area (Å²) in [6.45, 7) is 1.14. The molecule has 2 aromatic carbocycles. The predicted octanol–water partition coefficient (Wildman–Crippen LogP) is 3.49. The van der Waals surface area contributed by atoms with Crippen molar-refractivity contribution in [2.24, 2.45) is 0 Å². The van der Waals surface area contributed by atoms with E-state index in [0.717, 1.165) is 5.56 Å². The Balaban J connectivity index is 1.67. The first kappa shape index (κ1) is 18.4. The quantitative estimate of drug-likeness (QED) is 0.653. The topological polar surface area (TPSA) is 32.7 Å². The van der Waals surface area contributed by atoms with E-state index >= 15 is 0 Å². The van der Waals surface area contributed by atoms with E-state index in [4.69, 9.17) is 4.74 Å². The third-order valence-electron chi connectivity index (χ3n) is 5.49. The van der Waals surface area contributed by atoms with Gasteiger partial charge in [-0.25, -0.2) is 17.6 Å². The Bertz CT molecular complexity index is 805. The molecule has 4 rings (SSSR count). The largest absolute Gasteiger partial charge is 0.385 e. The molecular weight excluding hydrogens is 362 g/mol. The number of halogens is 4. The van der Waals surface area contributed by atoms with Gasteiger partial charge in [-0.05, 0) is 18.4 Å². The fourth-order valence-corrected chi connectivity index (χ4v) is 4.28. The Labute approximate surface area is 154 Å². The molecule has 3 nitrogen and oxygen atoms in total. The Morgan fingerprint density at radius 1 is 0.963 bits per heavy atom. The third kappa shape index (κ3) is 3.24. The highest BCUT2D eigenvalue weighted by molar-refractivity contribution is 5.30. The minimum absolute atomic E-state index is 0.0763. The number of hydrogen-bond donors (Lipinski definition) is 1. The second kappa shape index (κ2) is 6.89. The van der Waals surface area contributed by atoms with Gasteiger partial charge in [0.2, 0.25) is 0 Å². The van der Waals surface area contributed by atoms with Gasteiger partial charge < -0.3 is 9.84 Å². The number of fused-ring (bicyclic) bond motifs is 2. The number of ether oxygens (including phenoxy) is 1. The lowest BCUT2D eigenvalue weighted by Crippen LogP contribution is -2.60. The Hall–Kier alpha value is -1.96. The number of hydrogen-bond acceptors (Lipinski definition) is 3. The lowest BCUT2D eigenvalue weighted by Gasteiger charge is -2.51. The van der Waals surface area contributed by atoms with Gasteiger partial charge in [0.1, 0.15) is 0 Å². The average Bonchev–Trinajstić information content (AvgIpc) is 2.62. The molecule has 0 amide bonds. The van der Waals surface area contributed by atoms with Crippen molar-refractivity contribution < 1.29 is 27.4 Å². The van der Waals surface area contributed by atoms with Crippen LogP contribution in [0.25, 0.3) is 0 Å². The van der Waals surface area contributed by atoms with Crippen LogP contribution in [0.5, 0.6) is 0 Å². The summed E-state index contributed by atoms with van der Waals surface area (Å²) < 4.78 is 61.5. The van der Waals surface area contributed by atoms with E-state index in [9.17, 15) is 22.7 Å². The number of rotatable bonds is 3. The van der Waals surface area contributed by atoms with E-state index in [2.05, 4.69) is 4.90 Å². The molecule has 0 saturated carbocycles. The van der Waals surface area contributed by atoms with Gasteiger partial charge in [0.05, 0.1) is 24.4 Å². The third-order valence-corrected chi connectivity index (χ3v) is 5.49. The summed E-state index contributed by atoms with van der Waals surface area (Å²) in [6.07, 6.45) is -0.153. The summed E-state index contributed by atoms with van der Waals surface area (Å²) >= 11 is 0. The molecule has 2 fully saturated rings. The summed E-state index contributed by atoms with van der Waals surface area (Å²) in [5.41, 5.74) is -1.85. The minimum Gasteiger partial charge on any atom is -0.385 e. The van der Waals surface area contributed by atoms with E-state index in [1.165, 1.54) is 0 Å². The first-order valence-corrected chi connectivity index (χ1v) is 8.82. The first-order valence-electron chi connectivity index (χ1n) is 8.82. The molecule has 0 aromatic heterocycles. The summed E-state index contributed by atoms with van der Waals surface area (Å²) in [6, 6.07) is 9.20. The molecule has 144 valence electrons. The van der Waals surface area contributed by atoms with Gasteiger partial charge >= 0.3 is 0 Å². The first-order chi connectivity index (χ1) is 12.9. The monoisotopic (exact) mass is 381 g/mol. The Morgan fingerprint density at radius 3 is 2.07 bits per heavy atom. The smallest absolute Gasteiger partial charge is 0.168 e. The van der Waals surface area contributed by atoms with Crippen LogP contribution >= 0.6 is 0 Å². The predicted molar refractivity (Wildman–Crippen MR) is 89.8 cm³/mol. The maximum Gasteiger partial charge on any atom is 0.168 e. The second-order valence-corrected chi connectivity index (χ2v) is 7.29. The molecule has 2 unspecified atom stereocenters. The van der Waals surface area contributed by atoms with Gasteiger partial charge in [-0.15, -0.1) is 0 Å². The van der Waals surface area contributed by atoms with E-state index in [0.29, 0.717) is 6.54 Å². The second-order valence-electron chi connectivity index (χ2n) is 7.29. The van der Waals surface area contributed by atoms with Crippen LogP contribution < -0.4 is 0 Å². The highest BCUT2D eigenvalue weighted by Crippen LogP contribution is 2.44. The Morgan fingerprint density at radius 2 is 1.52 bits per heavy atom. The maximum atomic E-state index is 14.3. The standard InChI is InChI=1S/C20H19F4NO2/c21-15-6-16(22)19(24)17(18(15)23)20(26)7-13-10-27-11-14(8-20)25(13)9-12-4-2-1-3-5-12/h1-6,13-14,26H,7-11H2. The van der Waals surface area contributed by atoms with Crippen molar-refractivity contribution in [3.05, 3.63) is 70.8 Å². The van der Waals surface area contributed by atoms with Crippen molar-refractivity contribution >= 4 is 0 Å². The molecule has 0 radical (unpaired) electrons. The molecule has 0 aliphatic carbocycles. The molecule has 0 spiro atoms. The summed E-state index contributed by atoms with van der Waals surface area (Å²) in [7, 11) is 0. The van der Waals surface area contributed by atoms with Crippen molar-refractivity contribution in [1.82, 2.24) is 4.90 Å². The zero-order valence-electron chi connectivity index (χ0n) is 14.5. The van der Waals surface area contributed by atoms with Crippen molar-refractivity contribution in [2.45, 2.75) is 37.1 Å². The van der Waals surface area contributed by atoms with E-state index in [1.807, 2.05) is 30.3 Å². The molecule has 2 atom stereocenters. The molecule has 2 aliphatic rings. The number of aliphatic hydroxyl groups is 1. The summed E-state index contributed by atoms with van der Waals surface area (Å²) in [5.74, 6) is -6.09. The molecular formula is C20H19F4NO2. The molecule has 2 bridgehead atoms. The number of benzene rings is 2. The maximum absolute atomic E-state index is 14.3. The zero-order chi connectivity index (χ0) is 19.2. The van der Waals surface area contributed by atoms with Crippen molar-refractivity contribution in [1.29, 1.82) is 0 Å². The highest BCUT2D eigenvalue weighted by Gasteiger charge is 2.49. The average molecular weight is 381 g/mol. The van der Waals surface area contributed by atoms with Crippen LogP contribution in [0.4, 0.5) is 17.6 Å². The van der Waals surface area contributed by atoms with Crippen LogP contribution in [-0.2, 0) is 16.9 Å². The van der Waals surface area contributed by atoms with Crippen LogP contribution in [0.15, 0.2) is 36.4 Å². The van der Waals surface area contributed by atoms with Crippen LogP contribution in [0.1, 0.15) is 24.0 Å².